The molecule has 0 bridgehead atoms. The van der Waals surface area contributed by atoms with Gasteiger partial charge in [-0.05, 0) is 43.3 Å². The maximum Gasteiger partial charge on any atom is 0.227 e. The highest BCUT2D eigenvalue weighted by atomic mass is 35.5. The molecule has 1 heterocycles. The number of nitrogens with one attached hydrogen (secondary N) is 1. The van der Waals surface area contributed by atoms with Gasteiger partial charge in [-0.1, -0.05) is 34.4 Å². The topological polar surface area (TPSA) is 77.2 Å². The van der Waals surface area contributed by atoms with Gasteiger partial charge in [-0.15, -0.1) is 0 Å². The number of amides is 1. The summed E-state index contributed by atoms with van der Waals surface area (Å²) in [5.74, 6) is 1.40. The zero-order valence-electron chi connectivity index (χ0n) is 14.5. The molecule has 3 rings (SSSR count). The van der Waals surface area contributed by atoms with Crippen molar-refractivity contribution in [3.05, 3.63) is 58.4 Å². The number of halogens is 2. The molecule has 0 saturated heterocycles. The summed E-state index contributed by atoms with van der Waals surface area (Å²) < 4.78 is 10.6. The number of aromatic nitrogens is 2. The van der Waals surface area contributed by atoms with E-state index in [1.807, 2.05) is 31.2 Å². The fraction of sp³-hybridized carbons (Fsp3) is 0.211. The van der Waals surface area contributed by atoms with Crippen LogP contribution in [0.3, 0.4) is 0 Å². The van der Waals surface area contributed by atoms with Crippen LogP contribution in [0.25, 0.3) is 11.4 Å². The second-order valence-corrected chi connectivity index (χ2v) is 6.40. The Hall–Kier alpha value is -2.57. The van der Waals surface area contributed by atoms with Crippen molar-refractivity contribution in [2.75, 3.05) is 11.9 Å². The monoisotopic (exact) mass is 405 g/mol. The Morgan fingerprint density at radius 1 is 1.19 bits per heavy atom. The highest BCUT2D eigenvalue weighted by Gasteiger charge is 2.12. The summed E-state index contributed by atoms with van der Waals surface area (Å²) in [7, 11) is 0. The van der Waals surface area contributed by atoms with Gasteiger partial charge in [0.2, 0.25) is 17.6 Å². The molecule has 0 aliphatic rings. The van der Waals surface area contributed by atoms with Crippen LogP contribution in [0.2, 0.25) is 10.0 Å². The summed E-state index contributed by atoms with van der Waals surface area (Å²) in [6, 6.07) is 12.4. The second-order valence-electron chi connectivity index (χ2n) is 5.62. The van der Waals surface area contributed by atoms with E-state index >= 15 is 0 Å². The number of carbonyl (C=O) groups is 1. The maximum absolute atomic E-state index is 12.1. The third-order valence-corrected chi connectivity index (χ3v) is 4.50. The molecule has 0 aliphatic heterocycles. The van der Waals surface area contributed by atoms with Gasteiger partial charge in [0, 0.05) is 18.4 Å². The first-order valence-corrected chi connectivity index (χ1v) is 9.12. The van der Waals surface area contributed by atoms with Gasteiger partial charge in [0.1, 0.15) is 5.75 Å². The van der Waals surface area contributed by atoms with Gasteiger partial charge in [0.05, 0.1) is 22.3 Å². The van der Waals surface area contributed by atoms with Crippen LogP contribution in [-0.2, 0) is 11.2 Å². The van der Waals surface area contributed by atoms with Crippen LogP contribution in [0, 0.1) is 0 Å². The molecule has 0 aliphatic carbocycles. The van der Waals surface area contributed by atoms with E-state index in [4.69, 9.17) is 32.5 Å². The van der Waals surface area contributed by atoms with Crippen molar-refractivity contribution in [3.8, 4) is 17.1 Å². The summed E-state index contributed by atoms with van der Waals surface area (Å²) in [6.07, 6.45) is 0.488. The minimum Gasteiger partial charge on any atom is -0.494 e. The van der Waals surface area contributed by atoms with Crippen LogP contribution in [0.5, 0.6) is 5.75 Å². The van der Waals surface area contributed by atoms with E-state index in [-0.39, 0.29) is 12.3 Å². The van der Waals surface area contributed by atoms with Crippen molar-refractivity contribution in [2.24, 2.45) is 0 Å². The lowest BCUT2D eigenvalue weighted by molar-refractivity contribution is -0.116. The molecule has 8 heteroatoms. The number of hydrogen-bond acceptors (Lipinski definition) is 5. The fourth-order valence-electron chi connectivity index (χ4n) is 2.37. The Labute approximate surface area is 166 Å². The van der Waals surface area contributed by atoms with Gasteiger partial charge >= 0.3 is 0 Å². The maximum atomic E-state index is 12.1. The third kappa shape index (κ3) is 4.99. The first kappa shape index (κ1) is 19.2. The Bertz CT molecular complexity index is 926. The largest absolute Gasteiger partial charge is 0.494 e. The number of carbonyl (C=O) groups excluding carboxylic acids is 1. The number of benzene rings is 2. The Balaban J connectivity index is 1.57. The SMILES string of the molecule is CCOc1ccc(-c2noc(CCC(=O)Nc3cccc(Cl)c3Cl)n2)cc1. The molecule has 2 aromatic carbocycles. The number of rotatable bonds is 7. The fourth-order valence-corrected chi connectivity index (χ4v) is 2.72. The van der Waals surface area contributed by atoms with Gasteiger partial charge < -0.3 is 14.6 Å². The number of anilines is 1. The van der Waals surface area contributed by atoms with Crippen LogP contribution >= 0.6 is 23.2 Å². The molecule has 27 heavy (non-hydrogen) atoms. The van der Waals surface area contributed by atoms with Crippen molar-refractivity contribution in [1.82, 2.24) is 10.1 Å². The van der Waals surface area contributed by atoms with Crippen molar-refractivity contribution in [2.45, 2.75) is 19.8 Å². The standard InChI is InChI=1S/C19H17Cl2N3O3/c1-2-26-13-8-6-12(7-9-13)19-23-17(27-24-19)11-10-16(25)22-15-5-3-4-14(20)18(15)21/h3-9H,2,10-11H2,1H3,(H,22,25). The molecule has 0 radical (unpaired) electrons. The van der Waals surface area contributed by atoms with Crippen LogP contribution in [0.15, 0.2) is 47.0 Å². The molecule has 0 unspecified atom stereocenters. The smallest absolute Gasteiger partial charge is 0.227 e. The van der Waals surface area contributed by atoms with E-state index in [1.165, 1.54) is 0 Å². The lowest BCUT2D eigenvalue weighted by Gasteiger charge is -2.07. The van der Waals surface area contributed by atoms with E-state index in [9.17, 15) is 4.79 Å². The number of hydrogen-bond donors (Lipinski definition) is 1. The summed E-state index contributed by atoms with van der Waals surface area (Å²) in [5.41, 5.74) is 1.28. The van der Waals surface area contributed by atoms with Crippen LogP contribution in [-0.4, -0.2) is 22.7 Å². The predicted octanol–water partition coefficient (Wildman–Crippen LogP) is 5.01. The van der Waals surface area contributed by atoms with E-state index < -0.39 is 0 Å². The predicted molar refractivity (Wildman–Crippen MR) is 104 cm³/mol. The highest BCUT2D eigenvalue weighted by molar-refractivity contribution is 6.43. The molecule has 1 amide bonds. The molecule has 3 aromatic rings. The summed E-state index contributed by atoms with van der Waals surface area (Å²) >= 11 is 12.0. The second kappa shape index (κ2) is 8.88. The quantitative estimate of drug-likeness (QED) is 0.597. The Morgan fingerprint density at radius 3 is 2.70 bits per heavy atom. The molecular formula is C19H17Cl2N3O3. The molecule has 0 fully saturated rings. The van der Waals surface area contributed by atoms with Gasteiger partial charge in [-0.25, -0.2) is 0 Å². The lowest BCUT2D eigenvalue weighted by atomic mass is 10.2. The van der Waals surface area contributed by atoms with E-state index in [0.29, 0.717) is 40.5 Å². The average molecular weight is 406 g/mol. The number of nitrogens with zero attached hydrogens (tertiary/aromatic N) is 2. The number of aryl methyl sites for hydroxylation is 1. The van der Waals surface area contributed by atoms with Crippen molar-refractivity contribution in [3.63, 3.8) is 0 Å². The van der Waals surface area contributed by atoms with Gasteiger partial charge in [-0.2, -0.15) is 4.98 Å². The zero-order valence-corrected chi connectivity index (χ0v) is 16.0. The van der Waals surface area contributed by atoms with Gasteiger partial charge in [0.15, 0.2) is 0 Å². The van der Waals surface area contributed by atoms with E-state index in [1.54, 1.807) is 18.2 Å². The first-order valence-electron chi connectivity index (χ1n) is 8.36. The third-order valence-electron chi connectivity index (χ3n) is 3.68. The van der Waals surface area contributed by atoms with Crippen LogP contribution in [0.1, 0.15) is 19.2 Å². The Morgan fingerprint density at radius 2 is 1.96 bits per heavy atom. The molecule has 0 saturated carbocycles. The molecule has 0 atom stereocenters. The number of ether oxygens (including phenoxy) is 1. The first-order chi connectivity index (χ1) is 13.1. The minimum atomic E-state index is -0.222. The molecule has 6 nitrogen and oxygen atoms in total. The van der Waals surface area contributed by atoms with Crippen molar-refractivity contribution in [1.29, 1.82) is 0 Å². The van der Waals surface area contributed by atoms with Crippen LogP contribution < -0.4 is 10.1 Å². The van der Waals surface area contributed by atoms with Crippen LogP contribution in [0.4, 0.5) is 5.69 Å². The highest BCUT2D eigenvalue weighted by Crippen LogP contribution is 2.29. The van der Waals surface area contributed by atoms with E-state index in [2.05, 4.69) is 15.5 Å². The summed E-state index contributed by atoms with van der Waals surface area (Å²) in [6.45, 7) is 2.53. The van der Waals surface area contributed by atoms with Crippen molar-refractivity contribution < 1.29 is 14.1 Å². The van der Waals surface area contributed by atoms with Gasteiger partial charge in [0.25, 0.3) is 0 Å². The van der Waals surface area contributed by atoms with Gasteiger partial charge in [-0.3, -0.25) is 4.79 Å². The molecular weight excluding hydrogens is 389 g/mol. The van der Waals surface area contributed by atoms with Crippen molar-refractivity contribution >= 4 is 34.8 Å². The molecule has 1 N–H and O–H groups in total. The van der Waals surface area contributed by atoms with E-state index in [0.717, 1.165) is 11.3 Å². The molecule has 140 valence electrons. The zero-order chi connectivity index (χ0) is 19.2. The molecule has 0 spiro atoms. The Kier molecular flexibility index (Phi) is 6.32. The molecule has 1 aromatic heterocycles. The average Bonchev–Trinajstić information content (AvgIpc) is 3.14. The lowest BCUT2D eigenvalue weighted by Crippen LogP contribution is -2.12. The summed E-state index contributed by atoms with van der Waals surface area (Å²) in [4.78, 5) is 16.4. The minimum absolute atomic E-state index is 0.174. The normalized spacial score (nSPS) is 10.6. The summed E-state index contributed by atoms with van der Waals surface area (Å²) in [5, 5.41) is 7.36.